The summed E-state index contributed by atoms with van der Waals surface area (Å²) < 4.78 is 5.48. The Balaban J connectivity index is 0.000000660. The molecule has 0 amide bonds. The SMILES string of the molecule is CC(C)CCCCCCCCCCC(Cc1cc(C(C)(C)C)c(O)c(C(C)(C)C)c1)C(=O)O.CC(C)CCCCCCCCCCOC(=O)CCc1cc(C(C)(C)C)c(O)c(C(C)(C)C)c1. The lowest BCUT2D eigenvalue weighted by Gasteiger charge is -2.28. The van der Waals surface area contributed by atoms with E-state index in [-0.39, 0.29) is 33.5 Å². The van der Waals surface area contributed by atoms with Crippen molar-refractivity contribution in [3.8, 4) is 11.5 Å². The smallest absolute Gasteiger partial charge is 0.306 e. The maximum atomic E-state index is 12.3. The zero-order chi connectivity index (χ0) is 50.3. The van der Waals surface area contributed by atoms with Crippen molar-refractivity contribution < 1.29 is 29.6 Å². The Morgan fingerprint density at radius 1 is 0.470 bits per heavy atom. The molecule has 6 heteroatoms. The minimum atomic E-state index is -0.706. The minimum Gasteiger partial charge on any atom is -0.507 e. The van der Waals surface area contributed by atoms with Crippen molar-refractivity contribution in [2.45, 2.75) is 274 Å². The van der Waals surface area contributed by atoms with Crippen LogP contribution in [0.25, 0.3) is 0 Å². The third-order valence-electron chi connectivity index (χ3n) is 13.0. The summed E-state index contributed by atoms with van der Waals surface area (Å²) in [6.45, 7) is 34.9. The lowest BCUT2D eigenvalue weighted by atomic mass is 9.77. The topological polar surface area (TPSA) is 104 Å². The number of carboxylic acids is 1. The molecule has 0 aliphatic carbocycles. The summed E-state index contributed by atoms with van der Waals surface area (Å²) in [5, 5.41) is 31.6. The molecule has 66 heavy (non-hydrogen) atoms. The number of aromatic hydroxyl groups is 2. The highest BCUT2D eigenvalue weighted by Crippen LogP contribution is 2.42. The molecular weight excluding hydrogens is 817 g/mol. The first-order chi connectivity index (χ1) is 30.5. The van der Waals surface area contributed by atoms with Crippen molar-refractivity contribution in [1.82, 2.24) is 0 Å². The Morgan fingerprint density at radius 2 is 0.773 bits per heavy atom. The van der Waals surface area contributed by atoms with Crippen LogP contribution < -0.4 is 0 Å². The highest BCUT2D eigenvalue weighted by molar-refractivity contribution is 5.70. The summed E-state index contributed by atoms with van der Waals surface area (Å²) in [4.78, 5) is 24.3. The number of benzene rings is 2. The van der Waals surface area contributed by atoms with Gasteiger partial charge in [0.2, 0.25) is 0 Å². The Labute approximate surface area is 407 Å². The summed E-state index contributed by atoms with van der Waals surface area (Å²) in [6.07, 6.45) is 24.9. The number of ether oxygens (including phenoxy) is 1. The quantitative estimate of drug-likeness (QED) is 0.0580. The number of phenols is 2. The maximum absolute atomic E-state index is 12.3. The van der Waals surface area contributed by atoms with Crippen LogP contribution in [0.4, 0.5) is 0 Å². The molecule has 0 aliphatic rings. The van der Waals surface area contributed by atoms with E-state index in [2.05, 4.69) is 123 Å². The molecule has 0 heterocycles. The summed E-state index contributed by atoms with van der Waals surface area (Å²) in [5.41, 5.74) is 5.09. The summed E-state index contributed by atoms with van der Waals surface area (Å²) in [5.74, 6) is 1.19. The van der Waals surface area contributed by atoms with Gasteiger partial charge < -0.3 is 20.1 Å². The third kappa shape index (κ3) is 25.4. The van der Waals surface area contributed by atoms with Gasteiger partial charge in [0.15, 0.2) is 0 Å². The number of unbranched alkanes of at least 4 members (excludes halogenated alkanes) is 14. The molecule has 0 spiro atoms. The molecule has 0 bridgehead atoms. The summed E-state index contributed by atoms with van der Waals surface area (Å²) in [6, 6.07) is 8.17. The number of aliphatic carboxylic acids is 1. The second-order valence-electron chi connectivity index (χ2n) is 24.8. The molecule has 0 saturated carbocycles. The van der Waals surface area contributed by atoms with Crippen molar-refractivity contribution in [3.05, 3.63) is 57.6 Å². The normalized spacial score (nSPS) is 12.9. The lowest BCUT2D eigenvalue weighted by molar-refractivity contribution is -0.144. The number of carbonyl (C=O) groups excluding carboxylic acids is 1. The number of phenolic OH excluding ortho intramolecular Hbond substituents is 2. The molecule has 0 fully saturated rings. The average Bonchev–Trinajstić information content (AvgIpc) is 3.18. The van der Waals surface area contributed by atoms with E-state index in [0.717, 1.165) is 77.3 Å². The van der Waals surface area contributed by atoms with Crippen molar-refractivity contribution in [3.63, 3.8) is 0 Å². The first-order valence-electron chi connectivity index (χ1n) is 26.7. The Bertz CT molecular complexity index is 1600. The van der Waals surface area contributed by atoms with Gasteiger partial charge in [-0.15, -0.1) is 0 Å². The molecule has 380 valence electrons. The van der Waals surface area contributed by atoms with Crippen molar-refractivity contribution in [2.24, 2.45) is 17.8 Å². The molecule has 3 N–H and O–H groups in total. The molecule has 6 nitrogen and oxygen atoms in total. The van der Waals surface area contributed by atoms with Crippen LogP contribution in [-0.2, 0) is 48.8 Å². The number of hydrogen-bond acceptors (Lipinski definition) is 5. The van der Waals surface area contributed by atoms with Crippen molar-refractivity contribution in [1.29, 1.82) is 0 Å². The maximum Gasteiger partial charge on any atom is 0.306 e. The molecule has 2 aromatic rings. The fourth-order valence-corrected chi connectivity index (χ4v) is 8.76. The first kappa shape index (κ1) is 61.0. The van der Waals surface area contributed by atoms with Crippen LogP contribution in [0.15, 0.2) is 24.3 Å². The second-order valence-corrected chi connectivity index (χ2v) is 24.8. The zero-order valence-electron chi connectivity index (χ0n) is 45.9. The fourth-order valence-electron chi connectivity index (χ4n) is 8.76. The highest BCUT2D eigenvalue weighted by Gasteiger charge is 2.29. The van der Waals surface area contributed by atoms with Crippen molar-refractivity contribution in [2.75, 3.05) is 6.61 Å². The Kier molecular flexibility index (Phi) is 27.5. The minimum absolute atomic E-state index is 0.122. The molecule has 1 unspecified atom stereocenters. The van der Waals surface area contributed by atoms with E-state index in [1.807, 2.05) is 12.1 Å². The average molecular weight is 921 g/mol. The van der Waals surface area contributed by atoms with Crippen LogP contribution in [0.1, 0.15) is 273 Å². The van der Waals surface area contributed by atoms with Gasteiger partial charge in [0.1, 0.15) is 11.5 Å². The fraction of sp³-hybridized carbons (Fsp3) is 0.767. The van der Waals surface area contributed by atoms with Gasteiger partial charge in [0.05, 0.1) is 12.5 Å². The van der Waals surface area contributed by atoms with Crippen LogP contribution in [0.5, 0.6) is 11.5 Å². The molecular formula is C60H104O6. The van der Waals surface area contributed by atoms with Crippen LogP contribution in [0.2, 0.25) is 0 Å². The van der Waals surface area contributed by atoms with Gasteiger partial charge in [-0.2, -0.15) is 0 Å². The van der Waals surface area contributed by atoms with Gasteiger partial charge in [-0.3, -0.25) is 9.59 Å². The van der Waals surface area contributed by atoms with E-state index in [0.29, 0.717) is 37.4 Å². The number of aryl methyl sites for hydroxylation is 1. The third-order valence-corrected chi connectivity index (χ3v) is 13.0. The van der Waals surface area contributed by atoms with Gasteiger partial charge in [-0.1, -0.05) is 244 Å². The van der Waals surface area contributed by atoms with Crippen LogP contribution in [-0.4, -0.2) is 33.9 Å². The molecule has 2 aromatic carbocycles. The van der Waals surface area contributed by atoms with Gasteiger partial charge in [0.25, 0.3) is 0 Å². The zero-order valence-corrected chi connectivity index (χ0v) is 45.9. The first-order valence-corrected chi connectivity index (χ1v) is 26.7. The molecule has 0 aromatic heterocycles. The van der Waals surface area contributed by atoms with Crippen molar-refractivity contribution >= 4 is 11.9 Å². The molecule has 1 atom stereocenters. The molecule has 2 rings (SSSR count). The predicted octanol–water partition coefficient (Wildman–Crippen LogP) is 17.4. The molecule has 0 aliphatic heterocycles. The predicted molar refractivity (Wildman–Crippen MR) is 283 cm³/mol. The summed E-state index contributed by atoms with van der Waals surface area (Å²) >= 11 is 0. The number of esters is 1. The van der Waals surface area contributed by atoms with E-state index in [4.69, 9.17) is 4.74 Å². The molecule has 0 saturated heterocycles. The van der Waals surface area contributed by atoms with Gasteiger partial charge in [0, 0.05) is 6.42 Å². The Morgan fingerprint density at radius 3 is 1.09 bits per heavy atom. The Hall–Kier alpha value is -3.02. The van der Waals surface area contributed by atoms with E-state index >= 15 is 0 Å². The lowest BCUT2D eigenvalue weighted by Crippen LogP contribution is -2.20. The summed E-state index contributed by atoms with van der Waals surface area (Å²) in [7, 11) is 0. The number of carbonyl (C=O) groups is 2. The van der Waals surface area contributed by atoms with Crippen LogP contribution >= 0.6 is 0 Å². The number of hydrogen-bond donors (Lipinski definition) is 3. The van der Waals surface area contributed by atoms with Gasteiger partial charge >= 0.3 is 11.9 Å². The molecule has 0 radical (unpaired) electrons. The van der Waals surface area contributed by atoms with Gasteiger partial charge in [-0.25, -0.2) is 0 Å². The number of carboxylic acid groups (broad SMARTS) is 1. The second kappa shape index (κ2) is 29.8. The van der Waals surface area contributed by atoms with E-state index < -0.39 is 5.97 Å². The highest BCUT2D eigenvalue weighted by atomic mass is 16.5. The van der Waals surface area contributed by atoms with E-state index in [1.165, 1.54) is 89.9 Å². The van der Waals surface area contributed by atoms with E-state index in [1.54, 1.807) is 0 Å². The largest absolute Gasteiger partial charge is 0.507 e. The monoisotopic (exact) mass is 921 g/mol. The van der Waals surface area contributed by atoms with Gasteiger partial charge in [-0.05, 0) is 92.6 Å². The van der Waals surface area contributed by atoms with Crippen LogP contribution in [0, 0.1) is 17.8 Å². The number of rotatable bonds is 28. The standard InChI is InChI=1S/2C30H52O3/c1-23(2)17-15-13-11-9-10-12-14-16-20-33-27(31)19-18-24-21-25(29(3,4)5)28(32)26(22-24)30(6,7)8;1-22(2)17-15-13-11-9-10-12-14-16-18-24(28(32)33)19-23-20-25(29(3,4)5)27(31)26(21-23)30(6,7)8/h21-23,32H,9-20H2,1-8H3;20-22,24,31H,9-19H2,1-8H3,(H,32,33). The van der Waals surface area contributed by atoms with E-state index in [9.17, 15) is 24.9 Å². The van der Waals surface area contributed by atoms with Crippen LogP contribution in [0.3, 0.4) is 0 Å².